The van der Waals surface area contributed by atoms with Gasteiger partial charge in [-0.25, -0.2) is 4.39 Å². The van der Waals surface area contributed by atoms with Crippen LogP contribution in [-0.4, -0.2) is 25.0 Å². The SMILES string of the molecule is CCOC(=O)CC(NC(=O)CCN)c1ccc(F)cc1.Cl. The number of carbonyl (C=O) groups excluding carboxylic acids is 2. The van der Waals surface area contributed by atoms with Crippen molar-refractivity contribution >= 4 is 24.3 Å². The summed E-state index contributed by atoms with van der Waals surface area (Å²) >= 11 is 0. The number of esters is 1. The Hall–Kier alpha value is -1.66. The molecular weight excluding hydrogens is 299 g/mol. The molecule has 0 fully saturated rings. The molecule has 0 spiro atoms. The summed E-state index contributed by atoms with van der Waals surface area (Å²) in [5.74, 6) is -1.06. The maximum absolute atomic E-state index is 12.9. The third-order valence-electron chi connectivity index (χ3n) is 2.66. The molecule has 0 aromatic heterocycles. The van der Waals surface area contributed by atoms with Gasteiger partial charge in [0.1, 0.15) is 5.82 Å². The second-order valence-corrected chi connectivity index (χ2v) is 4.22. The van der Waals surface area contributed by atoms with Crippen molar-refractivity contribution in [2.45, 2.75) is 25.8 Å². The Morgan fingerprint density at radius 3 is 2.48 bits per heavy atom. The van der Waals surface area contributed by atoms with Gasteiger partial charge in [0, 0.05) is 13.0 Å². The van der Waals surface area contributed by atoms with Gasteiger partial charge in [0.25, 0.3) is 0 Å². The highest BCUT2D eigenvalue weighted by atomic mass is 35.5. The van der Waals surface area contributed by atoms with Crippen LogP contribution in [0, 0.1) is 5.82 Å². The number of halogens is 2. The molecule has 1 atom stereocenters. The number of rotatable bonds is 7. The van der Waals surface area contributed by atoms with E-state index in [4.69, 9.17) is 10.5 Å². The Kier molecular flexibility index (Phi) is 9.32. The average Bonchev–Trinajstić information content (AvgIpc) is 2.39. The van der Waals surface area contributed by atoms with Crippen LogP contribution in [0.5, 0.6) is 0 Å². The van der Waals surface area contributed by atoms with Crippen LogP contribution < -0.4 is 11.1 Å². The summed E-state index contributed by atoms with van der Waals surface area (Å²) in [5, 5.41) is 2.70. The molecule has 1 aromatic rings. The van der Waals surface area contributed by atoms with E-state index in [2.05, 4.69) is 5.32 Å². The maximum Gasteiger partial charge on any atom is 0.308 e. The monoisotopic (exact) mass is 318 g/mol. The van der Waals surface area contributed by atoms with E-state index in [-0.39, 0.29) is 50.1 Å². The summed E-state index contributed by atoms with van der Waals surface area (Å²) in [5.41, 5.74) is 5.95. The van der Waals surface area contributed by atoms with Crippen LogP contribution in [0.2, 0.25) is 0 Å². The normalized spacial score (nSPS) is 11.2. The lowest BCUT2D eigenvalue weighted by molar-refractivity contribution is -0.143. The predicted octanol–water partition coefficient (Wildman–Crippen LogP) is 1.71. The van der Waals surface area contributed by atoms with Crippen LogP contribution in [0.1, 0.15) is 31.4 Å². The molecule has 0 saturated heterocycles. The van der Waals surface area contributed by atoms with E-state index in [0.29, 0.717) is 5.56 Å². The fourth-order valence-electron chi connectivity index (χ4n) is 1.73. The molecule has 118 valence electrons. The molecule has 0 saturated carbocycles. The van der Waals surface area contributed by atoms with Crippen molar-refractivity contribution in [3.05, 3.63) is 35.6 Å². The van der Waals surface area contributed by atoms with Crippen LogP contribution >= 0.6 is 12.4 Å². The number of hydrogen-bond donors (Lipinski definition) is 2. The third-order valence-corrected chi connectivity index (χ3v) is 2.66. The van der Waals surface area contributed by atoms with Gasteiger partial charge in [0.05, 0.1) is 19.1 Å². The summed E-state index contributed by atoms with van der Waals surface area (Å²) in [6, 6.07) is 5.07. The number of hydrogen-bond acceptors (Lipinski definition) is 4. The van der Waals surface area contributed by atoms with Crippen molar-refractivity contribution in [2.24, 2.45) is 5.73 Å². The molecule has 0 heterocycles. The Bertz CT molecular complexity index is 434. The molecule has 1 unspecified atom stereocenters. The molecule has 3 N–H and O–H groups in total. The molecule has 0 aliphatic rings. The van der Waals surface area contributed by atoms with Gasteiger partial charge in [-0.05, 0) is 24.6 Å². The Balaban J connectivity index is 0.00000400. The van der Waals surface area contributed by atoms with Crippen LogP contribution in [0.3, 0.4) is 0 Å². The van der Waals surface area contributed by atoms with Gasteiger partial charge in [-0.3, -0.25) is 9.59 Å². The minimum atomic E-state index is -0.548. The van der Waals surface area contributed by atoms with Crippen molar-refractivity contribution in [3.8, 4) is 0 Å². The van der Waals surface area contributed by atoms with Crippen molar-refractivity contribution in [2.75, 3.05) is 13.2 Å². The summed E-state index contributed by atoms with van der Waals surface area (Å²) < 4.78 is 17.8. The number of nitrogens with two attached hydrogens (primary N) is 1. The minimum absolute atomic E-state index is 0. The predicted molar refractivity (Wildman–Crippen MR) is 79.5 cm³/mol. The van der Waals surface area contributed by atoms with E-state index in [1.54, 1.807) is 6.92 Å². The van der Waals surface area contributed by atoms with Gasteiger partial charge >= 0.3 is 5.97 Å². The molecule has 0 radical (unpaired) electrons. The van der Waals surface area contributed by atoms with Gasteiger partial charge in [-0.15, -0.1) is 12.4 Å². The fourth-order valence-corrected chi connectivity index (χ4v) is 1.73. The summed E-state index contributed by atoms with van der Waals surface area (Å²) in [7, 11) is 0. The van der Waals surface area contributed by atoms with Gasteiger partial charge in [0.15, 0.2) is 0 Å². The first-order valence-electron chi connectivity index (χ1n) is 6.47. The zero-order chi connectivity index (χ0) is 15.0. The van der Waals surface area contributed by atoms with E-state index in [0.717, 1.165) is 0 Å². The Morgan fingerprint density at radius 1 is 1.33 bits per heavy atom. The Morgan fingerprint density at radius 2 is 1.95 bits per heavy atom. The molecule has 7 heteroatoms. The maximum atomic E-state index is 12.9. The van der Waals surface area contributed by atoms with Crippen molar-refractivity contribution in [1.82, 2.24) is 5.32 Å². The first kappa shape index (κ1) is 19.3. The zero-order valence-corrected chi connectivity index (χ0v) is 12.6. The average molecular weight is 319 g/mol. The third kappa shape index (κ3) is 7.06. The second kappa shape index (κ2) is 10.1. The van der Waals surface area contributed by atoms with E-state index >= 15 is 0 Å². The molecule has 1 rings (SSSR count). The van der Waals surface area contributed by atoms with Gasteiger partial charge in [-0.1, -0.05) is 12.1 Å². The minimum Gasteiger partial charge on any atom is -0.466 e. The highest BCUT2D eigenvalue weighted by molar-refractivity contribution is 5.85. The zero-order valence-electron chi connectivity index (χ0n) is 11.8. The van der Waals surface area contributed by atoms with Crippen LogP contribution in [-0.2, 0) is 14.3 Å². The highest BCUT2D eigenvalue weighted by Crippen LogP contribution is 2.18. The number of carbonyl (C=O) groups is 2. The van der Waals surface area contributed by atoms with Gasteiger partial charge in [-0.2, -0.15) is 0 Å². The molecule has 0 bridgehead atoms. The lowest BCUT2D eigenvalue weighted by Crippen LogP contribution is -2.31. The first-order valence-corrected chi connectivity index (χ1v) is 6.47. The topological polar surface area (TPSA) is 81.4 Å². The van der Waals surface area contributed by atoms with Crippen LogP contribution in [0.25, 0.3) is 0 Å². The summed E-state index contributed by atoms with van der Waals surface area (Å²) in [4.78, 5) is 23.2. The van der Waals surface area contributed by atoms with Crippen molar-refractivity contribution < 1.29 is 18.7 Å². The molecular formula is C14H20ClFN2O3. The smallest absolute Gasteiger partial charge is 0.308 e. The quantitative estimate of drug-likeness (QED) is 0.750. The lowest BCUT2D eigenvalue weighted by atomic mass is 10.0. The van der Waals surface area contributed by atoms with Gasteiger partial charge in [0.2, 0.25) is 5.91 Å². The molecule has 0 aliphatic carbocycles. The summed E-state index contributed by atoms with van der Waals surface area (Å²) in [6.45, 7) is 2.20. The first-order chi connectivity index (χ1) is 9.56. The van der Waals surface area contributed by atoms with E-state index < -0.39 is 12.0 Å². The number of benzene rings is 1. The molecule has 0 aliphatic heterocycles. The summed E-state index contributed by atoms with van der Waals surface area (Å²) in [6.07, 6.45) is 0.163. The van der Waals surface area contributed by atoms with Crippen molar-refractivity contribution in [1.29, 1.82) is 0 Å². The lowest BCUT2D eigenvalue weighted by Gasteiger charge is -2.18. The number of ether oxygens (including phenoxy) is 1. The standard InChI is InChI=1S/C14H19FN2O3.ClH/c1-2-20-14(19)9-12(17-13(18)7-8-16)10-3-5-11(15)6-4-10;/h3-6,12H,2,7-9,16H2,1H3,(H,17,18);1H. The number of amides is 1. The highest BCUT2D eigenvalue weighted by Gasteiger charge is 2.19. The molecule has 1 aromatic carbocycles. The Labute approximate surface area is 129 Å². The molecule has 5 nitrogen and oxygen atoms in total. The number of nitrogens with one attached hydrogen (secondary N) is 1. The van der Waals surface area contributed by atoms with E-state index in [1.807, 2.05) is 0 Å². The molecule has 1 amide bonds. The van der Waals surface area contributed by atoms with Crippen molar-refractivity contribution in [3.63, 3.8) is 0 Å². The van der Waals surface area contributed by atoms with E-state index in [1.165, 1.54) is 24.3 Å². The molecule has 21 heavy (non-hydrogen) atoms. The van der Waals surface area contributed by atoms with E-state index in [9.17, 15) is 14.0 Å². The second-order valence-electron chi connectivity index (χ2n) is 4.22. The largest absolute Gasteiger partial charge is 0.466 e. The van der Waals surface area contributed by atoms with Crippen LogP contribution in [0.4, 0.5) is 4.39 Å². The van der Waals surface area contributed by atoms with Gasteiger partial charge < -0.3 is 15.8 Å². The fraction of sp³-hybridized carbons (Fsp3) is 0.429. The van der Waals surface area contributed by atoms with Crippen LogP contribution in [0.15, 0.2) is 24.3 Å².